The molecule has 1 aliphatic carbocycles. The first-order chi connectivity index (χ1) is 21.5. The predicted octanol–water partition coefficient (Wildman–Crippen LogP) is 2.72. The minimum absolute atomic E-state index is 0.137. The minimum atomic E-state index is -1.06. The highest BCUT2D eigenvalue weighted by Crippen LogP contribution is 2.33. The summed E-state index contributed by atoms with van der Waals surface area (Å²) in [6, 6.07) is 16.0. The van der Waals surface area contributed by atoms with Crippen LogP contribution in [0.3, 0.4) is 0 Å². The van der Waals surface area contributed by atoms with Crippen molar-refractivity contribution in [3.05, 3.63) is 71.4 Å². The number of hydrogen-bond donors (Lipinski definition) is 1. The first-order valence-corrected chi connectivity index (χ1v) is 15.5. The summed E-state index contributed by atoms with van der Waals surface area (Å²) in [6.45, 7) is 6.18. The Balaban J connectivity index is 0.990. The Hall–Kier alpha value is -4.06. The van der Waals surface area contributed by atoms with Gasteiger partial charge in [-0.05, 0) is 61.1 Å². The lowest BCUT2D eigenvalue weighted by atomic mass is 9.91. The minimum Gasteiger partial charge on any atom is -0.492 e. The molecule has 2 aliphatic heterocycles. The van der Waals surface area contributed by atoms with Crippen molar-refractivity contribution in [3.8, 4) is 22.6 Å². The summed E-state index contributed by atoms with van der Waals surface area (Å²) >= 11 is 0. The van der Waals surface area contributed by atoms with Gasteiger partial charge in [-0.1, -0.05) is 24.3 Å². The molecule has 3 fully saturated rings. The van der Waals surface area contributed by atoms with Crippen molar-refractivity contribution in [2.24, 2.45) is 5.92 Å². The largest absolute Gasteiger partial charge is 0.492 e. The monoisotopic (exact) mass is 598 g/mol. The molecule has 4 heterocycles. The zero-order chi connectivity index (χ0) is 30.1. The molecule has 2 aromatic heterocycles. The number of amides is 1. The number of aromatic nitrogens is 4. The molecule has 3 aliphatic rings. The zero-order valence-corrected chi connectivity index (χ0v) is 24.8. The fraction of sp³-hybridized carbons (Fsp3) is 0.455. The fourth-order valence-electron chi connectivity index (χ4n) is 6.11. The first kappa shape index (κ1) is 28.7. The number of rotatable bonds is 9. The molecule has 0 radical (unpaired) electrons. The molecular weight excluding hydrogens is 560 g/mol. The highest BCUT2D eigenvalue weighted by molar-refractivity contribution is 5.81. The third-order valence-electron chi connectivity index (χ3n) is 9.03. The summed E-state index contributed by atoms with van der Waals surface area (Å²) in [6.07, 6.45) is 5.84. The second-order valence-corrected chi connectivity index (χ2v) is 12.2. The smallest absolute Gasteiger partial charge is 0.264 e. The molecule has 11 nitrogen and oxygen atoms in total. The van der Waals surface area contributed by atoms with Gasteiger partial charge in [0.1, 0.15) is 24.1 Å². The van der Waals surface area contributed by atoms with E-state index in [1.807, 2.05) is 41.3 Å². The van der Waals surface area contributed by atoms with Gasteiger partial charge in [-0.2, -0.15) is 5.10 Å². The Morgan fingerprint density at radius 3 is 2.34 bits per heavy atom. The lowest BCUT2D eigenvalue weighted by molar-refractivity contribution is -0.137. The maximum atomic E-state index is 13.3. The van der Waals surface area contributed by atoms with Crippen LogP contribution in [-0.2, 0) is 16.1 Å². The van der Waals surface area contributed by atoms with Crippen molar-refractivity contribution in [2.75, 3.05) is 52.5 Å². The van der Waals surface area contributed by atoms with Crippen LogP contribution in [0.2, 0.25) is 0 Å². The van der Waals surface area contributed by atoms with Crippen LogP contribution in [0.15, 0.2) is 65.8 Å². The molecule has 1 saturated carbocycles. The molecule has 1 N–H and O–H groups in total. The van der Waals surface area contributed by atoms with E-state index in [-0.39, 0.29) is 23.9 Å². The van der Waals surface area contributed by atoms with Crippen molar-refractivity contribution in [3.63, 3.8) is 0 Å². The maximum Gasteiger partial charge on any atom is 0.264 e. The molecule has 0 bridgehead atoms. The number of likely N-dealkylation sites (tertiary alicyclic amines) is 1. The average molecular weight is 599 g/mol. The number of morpholine rings is 1. The number of nitrogens with zero attached hydrogens (tertiary/aromatic N) is 6. The molecule has 0 spiro atoms. The number of ether oxygens (including phenoxy) is 2. The van der Waals surface area contributed by atoms with Crippen molar-refractivity contribution in [1.82, 2.24) is 29.1 Å². The Morgan fingerprint density at radius 2 is 1.66 bits per heavy atom. The molecule has 2 saturated heterocycles. The fourth-order valence-corrected chi connectivity index (χ4v) is 6.11. The van der Waals surface area contributed by atoms with Crippen LogP contribution in [0.1, 0.15) is 25.7 Å². The van der Waals surface area contributed by atoms with Gasteiger partial charge in [-0.3, -0.25) is 19.1 Å². The zero-order valence-electron chi connectivity index (χ0n) is 24.8. The Morgan fingerprint density at radius 1 is 0.977 bits per heavy atom. The number of carbonyl (C=O) groups excluding carboxylic acids is 1. The Labute approximate surface area is 255 Å². The van der Waals surface area contributed by atoms with Gasteiger partial charge in [0.15, 0.2) is 5.65 Å². The number of piperidine rings is 1. The van der Waals surface area contributed by atoms with Crippen LogP contribution in [0.4, 0.5) is 0 Å². The van der Waals surface area contributed by atoms with Crippen LogP contribution < -0.4 is 10.3 Å². The summed E-state index contributed by atoms with van der Waals surface area (Å²) in [5.74, 6) is 1.22. The molecule has 7 rings (SSSR count). The van der Waals surface area contributed by atoms with Crippen LogP contribution >= 0.6 is 0 Å². The van der Waals surface area contributed by atoms with E-state index in [2.05, 4.69) is 27.1 Å². The molecular formula is C33H38N6O5. The molecule has 1 amide bonds. The first-order valence-electron chi connectivity index (χ1n) is 15.5. The number of aliphatic hydroxyl groups is 1. The standard InChI is InChI=1S/C33H38N6O5/c40-31(26-1-2-26)37-13-11-33(42,12-14-37)22-38-23-34-30-29(32(38)41)21-35-39(30)27-7-3-24(4-8-27)25-5-9-28(10-6-25)44-20-17-36-15-18-43-19-16-36/h3-10,21,23,26,42H,1-2,11-20,22H2. The van der Waals surface area contributed by atoms with Gasteiger partial charge in [0, 0.05) is 38.6 Å². The predicted molar refractivity (Wildman–Crippen MR) is 165 cm³/mol. The van der Waals surface area contributed by atoms with Gasteiger partial charge in [-0.15, -0.1) is 0 Å². The van der Waals surface area contributed by atoms with Gasteiger partial charge in [0.25, 0.3) is 5.56 Å². The average Bonchev–Trinajstić information content (AvgIpc) is 3.82. The van der Waals surface area contributed by atoms with Crippen LogP contribution in [0, 0.1) is 5.92 Å². The molecule has 2 aromatic carbocycles. The third-order valence-corrected chi connectivity index (χ3v) is 9.03. The molecule has 11 heteroatoms. The Bertz CT molecular complexity index is 1660. The second-order valence-electron chi connectivity index (χ2n) is 12.2. The van der Waals surface area contributed by atoms with Gasteiger partial charge < -0.3 is 19.5 Å². The van der Waals surface area contributed by atoms with Crippen LogP contribution in [-0.4, -0.2) is 98.3 Å². The summed E-state index contributed by atoms with van der Waals surface area (Å²) in [5, 5.41) is 16.1. The van der Waals surface area contributed by atoms with Crippen LogP contribution in [0.5, 0.6) is 5.75 Å². The van der Waals surface area contributed by atoms with Gasteiger partial charge in [-0.25, -0.2) is 9.67 Å². The SMILES string of the molecule is O=C(C1CC1)N1CCC(O)(Cn2cnc3c(cnn3-c3ccc(-c4ccc(OCCN5CCOCC5)cc4)cc3)c2=O)CC1. The highest BCUT2D eigenvalue weighted by atomic mass is 16.5. The lowest BCUT2D eigenvalue weighted by Gasteiger charge is -2.38. The summed E-state index contributed by atoms with van der Waals surface area (Å²) in [7, 11) is 0. The van der Waals surface area contributed by atoms with E-state index in [1.165, 1.54) is 17.1 Å². The van der Waals surface area contributed by atoms with E-state index in [1.54, 1.807) is 4.68 Å². The maximum absolute atomic E-state index is 13.3. The van der Waals surface area contributed by atoms with E-state index in [4.69, 9.17) is 9.47 Å². The normalized spacial score (nSPS) is 18.9. The molecule has 230 valence electrons. The quantitative estimate of drug-likeness (QED) is 0.313. The number of benzene rings is 2. The highest BCUT2D eigenvalue weighted by Gasteiger charge is 2.39. The lowest BCUT2D eigenvalue weighted by Crippen LogP contribution is -2.50. The van der Waals surface area contributed by atoms with E-state index >= 15 is 0 Å². The molecule has 0 unspecified atom stereocenters. The van der Waals surface area contributed by atoms with Crippen molar-refractivity contribution in [2.45, 2.75) is 37.8 Å². The Kier molecular flexibility index (Phi) is 7.92. The summed E-state index contributed by atoms with van der Waals surface area (Å²) in [5.41, 5.74) is 2.09. The molecule has 4 aromatic rings. The number of hydrogen-bond acceptors (Lipinski definition) is 8. The van der Waals surface area contributed by atoms with Gasteiger partial charge in [0.2, 0.25) is 5.91 Å². The van der Waals surface area contributed by atoms with Crippen LogP contribution in [0.25, 0.3) is 27.8 Å². The molecule has 44 heavy (non-hydrogen) atoms. The van der Waals surface area contributed by atoms with Gasteiger partial charge >= 0.3 is 0 Å². The number of carbonyl (C=O) groups is 1. The van der Waals surface area contributed by atoms with Gasteiger partial charge in [0.05, 0.1) is 37.2 Å². The summed E-state index contributed by atoms with van der Waals surface area (Å²) in [4.78, 5) is 34.5. The topological polar surface area (TPSA) is 115 Å². The van der Waals surface area contributed by atoms with E-state index in [0.29, 0.717) is 43.6 Å². The van der Waals surface area contributed by atoms with Crippen molar-refractivity contribution in [1.29, 1.82) is 0 Å². The molecule has 0 atom stereocenters. The van der Waals surface area contributed by atoms with E-state index in [0.717, 1.165) is 68.3 Å². The second kappa shape index (κ2) is 12.1. The van der Waals surface area contributed by atoms with Crippen molar-refractivity contribution >= 4 is 16.9 Å². The third kappa shape index (κ3) is 6.12. The number of fused-ring (bicyclic) bond motifs is 1. The van der Waals surface area contributed by atoms with Crippen molar-refractivity contribution < 1.29 is 19.4 Å². The van der Waals surface area contributed by atoms with E-state index < -0.39 is 5.60 Å². The summed E-state index contributed by atoms with van der Waals surface area (Å²) < 4.78 is 14.5. The van der Waals surface area contributed by atoms with E-state index in [9.17, 15) is 14.7 Å².